The molecule has 25 heavy (non-hydrogen) atoms. The summed E-state index contributed by atoms with van der Waals surface area (Å²) in [5, 5.41) is 2.68. The summed E-state index contributed by atoms with van der Waals surface area (Å²) < 4.78 is 19.3. The number of H-pyrrole nitrogens is 2. The molecule has 1 amide bonds. The summed E-state index contributed by atoms with van der Waals surface area (Å²) >= 11 is 0. The topological polar surface area (TPSA) is 90.9 Å². The maximum atomic E-state index is 13.8. The van der Waals surface area contributed by atoms with E-state index >= 15 is 0 Å². The van der Waals surface area contributed by atoms with Crippen LogP contribution in [-0.4, -0.2) is 15.9 Å². The largest absolute Gasteiger partial charge is 0.451 e. The highest BCUT2D eigenvalue weighted by atomic mass is 19.1. The van der Waals surface area contributed by atoms with Gasteiger partial charge in [-0.05, 0) is 42.5 Å². The van der Waals surface area contributed by atoms with E-state index in [1.165, 1.54) is 12.1 Å². The highest BCUT2D eigenvalue weighted by Crippen LogP contribution is 2.25. The number of nitrogens with one attached hydrogen (secondary N) is 3. The molecule has 2 aromatic heterocycles. The molecule has 0 spiro atoms. The van der Waals surface area contributed by atoms with Gasteiger partial charge in [0.15, 0.2) is 5.76 Å². The number of fused-ring (bicyclic) bond motifs is 1. The van der Waals surface area contributed by atoms with Crippen molar-refractivity contribution in [3.63, 3.8) is 0 Å². The van der Waals surface area contributed by atoms with Crippen molar-refractivity contribution in [3.8, 4) is 11.3 Å². The van der Waals surface area contributed by atoms with Crippen molar-refractivity contribution in [2.24, 2.45) is 0 Å². The fourth-order valence-corrected chi connectivity index (χ4v) is 2.57. The third kappa shape index (κ3) is 2.83. The van der Waals surface area contributed by atoms with Gasteiger partial charge in [0, 0.05) is 5.69 Å². The molecule has 2 heterocycles. The molecule has 0 bridgehead atoms. The van der Waals surface area contributed by atoms with E-state index in [0.29, 0.717) is 16.7 Å². The molecule has 0 aliphatic carbocycles. The number of rotatable bonds is 3. The molecule has 0 aliphatic heterocycles. The quantitative estimate of drug-likeness (QED) is 0.534. The Morgan fingerprint density at radius 1 is 1.00 bits per heavy atom. The van der Waals surface area contributed by atoms with E-state index in [9.17, 15) is 14.0 Å². The van der Waals surface area contributed by atoms with Crippen LogP contribution in [0.3, 0.4) is 0 Å². The van der Waals surface area contributed by atoms with E-state index in [1.54, 1.807) is 42.5 Å². The average molecular weight is 337 g/mol. The lowest BCUT2D eigenvalue weighted by Gasteiger charge is -2.03. The molecule has 0 saturated carbocycles. The van der Waals surface area contributed by atoms with Crippen LogP contribution in [0.5, 0.6) is 0 Å². The van der Waals surface area contributed by atoms with Crippen molar-refractivity contribution in [1.82, 2.24) is 9.97 Å². The number of imidazole rings is 1. The van der Waals surface area contributed by atoms with Gasteiger partial charge in [-0.2, -0.15) is 0 Å². The third-order valence-corrected chi connectivity index (χ3v) is 3.74. The minimum Gasteiger partial charge on any atom is -0.451 e. The van der Waals surface area contributed by atoms with Crippen molar-refractivity contribution in [2.75, 3.05) is 5.32 Å². The Morgan fingerprint density at radius 2 is 1.80 bits per heavy atom. The molecule has 6 nitrogen and oxygen atoms in total. The summed E-state index contributed by atoms with van der Waals surface area (Å²) in [6.07, 6.45) is 0. The minimum atomic E-state index is -0.472. The lowest BCUT2D eigenvalue weighted by molar-refractivity contribution is 0.0997. The number of hydrogen-bond donors (Lipinski definition) is 3. The van der Waals surface area contributed by atoms with Gasteiger partial charge in [-0.15, -0.1) is 0 Å². The Hall–Kier alpha value is -3.61. The van der Waals surface area contributed by atoms with Crippen LogP contribution in [0.4, 0.5) is 10.1 Å². The molecular weight excluding hydrogens is 325 g/mol. The van der Waals surface area contributed by atoms with Gasteiger partial charge in [-0.1, -0.05) is 12.1 Å². The average Bonchev–Trinajstić information content (AvgIpc) is 3.20. The number of hydrogen-bond acceptors (Lipinski definition) is 3. The molecule has 7 heteroatoms. The monoisotopic (exact) mass is 337 g/mol. The van der Waals surface area contributed by atoms with Gasteiger partial charge >= 0.3 is 5.69 Å². The van der Waals surface area contributed by atoms with Crippen LogP contribution in [0.1, 0.15) is 10.6 Å². The van der Waals surface area contributed by atoms with Gasteiger partial charge in [0.25, 0.3) is 5.91 Å². The van der Waals surface area contributed by atoms with Gasteiger partial charge in [0.05, 0.1) is 16.6 Å². The summed E-state index contributed by atoms with van der Waals surface area (Å²) in [6.45, 7) is 0. The summed E-state index contributed by atoms with van der Waals surface area (Å²) in [6, 6.07) is 14.2. The summed E-state index contributed by atoms with van der Waals surface area (Å²) in [7, 11) is 0. The number of halogens is 1. The van der Waals surface area contributed by atoms with Crippen molar-refractivity contribution in [2.45, 2.75) is 0 Å². The van der Waals surface area contributed by atoms with E-state index in [0.717, 1.165) is 0 Å². The Balaban J connectivity index is 1.58. The van der Waals surface area contributed by atoms with Crippen LogP contribution in [-0.2, 0) is 0 Å². The second-order valence-corrected chi connectivity index (χ2v) is 5.44. The van der Waals surface area contributed by atoms with Gasteiger partial charge in [0.1, 0.15) is 11.6 Å². The lowest BCUT2D eigenvalue weighted by Crippen LogP contribution is -2.10. The smallest absolute Gasteiger partial charge is 0.323 e. The van der Waals surface area contributed by atoms with Gasteiger partial charge in [-0.3, -0.25) is 4.79 Å². The molecule has 4 rings (SSSR count). The van der Waals surface area contributed by atoms with E-state index in [-0.39, 0.29) is 22.8 Å². The molecule has 0 saturated heterocycles. The van der Waals surface area contributed by atoms with Crippen LogP contribution in [0, 0.1) is 5.82 Å². The number of benzene rings is 2. The number of carbonyl (C=O) groups excluding carboxylic acids is 1. The van der Waals surface area contributed by atoms with E-state index in [1.807, 2.05) is 0 Å². The fourth-order valence-electron chi connectivity index (χ4n) is 2.57. The van der Waals surface area contributed by atoms with Crippen LogP contribution in [0.15, 0.2) is 63.8 Å². The van der Waals surface area contributed by atoms with Crippen molar-refractivity contribution < 1.29 is 13.6 Å². The highest BCUT2D eigenvalue weighted by Gasteiger charge is 2.14. The van der Waals surface area contributed by atoms with Gasteiger partial charge < -0.3 is 19.7 Å². The first-order valence-electron chi connectivity index (χ1n) is 7.48. The van der Waals surface area contributed by atoms with Gasteiger partial charge in [0.2, 0.25) is 0 Å². The number of aromatic nitrogens is 2. The normalized spacial score (nSPS) is 10.9. The first-order valence-corrected chi connectivity index (χ1v) is 7.48. The van der Waals surface area contributed by atoms with Crippen LogP contribution in [0.25, 0.3) is 22.4 Å². The number of anilines is 1. The predicted molar refractivity (Wildman–Crippen MR) is 91.0 cm³/mol. The van der Waals surface area contributed by atoms with E-state index < -0.39 is 11.7 Å². The van der Waals surface area contributed by atoms with E-state index in [2.05, 4.69) is 15.3 Å². The maximum absolute atomic E-state index is 13.8. The third-order valence-electron chi connectivity index (χ3n) is 3.74. The van der Waals surface area contributed by atoms with Crippen LogP contribution in [0.2, 0.25) is 0 Å². The first kappa shape index (κ1) is 14.9. The molecule has 0 radical (unpaired) electrons. The number of amides is 1. The molecule has 4 aromatic rings. The Morgan fingerprint density at radius 3 is 2.64 bits per heavy atom. The van der Waals surface area contributed by atoms with Crippen molar-refractivity contribution in [3.05, 3.63) is 76.7 Å². The molecule has 0 aliphatic rings. The molecule has 124 valence electrons. The van der Waals surface area contributed by atoms with Crippen LogP contribution < -0.4 is 11.0 Å². The molecule has 0 atom stereocenters. The summed E-state index contributed by atoms with van der Waals surface area (Å²) in [5.74, 6) is -0.569. The minimum absolute atomic E-state index is 0.0564. The fraction of sp³-hybridized carbons (Fsp3) is 0. The number of aromatic amines is 2. The van der Waals surface area contributed by atoms with Crippen molar-refractivity contribution >= 4 is 22.6 Å². The molecule has 0 unspecified atom stereocenters. The SMILES string of the molecule is O=C(Nc1ccc2[nH]c(=O)[nH]c2c1)c1ccc(-c2ccccc2F)o1. The number of carbonyl (C=O) groups is 1. The zero-order valence-corrected chi connectivity index (χ0v) is 12.8. The molecule has 2 aromatic carbocycles. The summed E-state index contributed by atoms with van der Waals surface area (Å²) in [5.41, 5.74) is 1.68. The molecule has 0 fully saturated rings. The zero-order chi connectivity index (χ0) is 17.4. The lowest BCUT2D eigenvalue weighted by atomic mass is 10.1. The maximum Gasteiger partial charge on any atom is 0.323 e. The van der Waals surface area contributed by atoms with Crippen molar-refractivity contribution in [1.29, 1.82) is 0 Å². The Bertz CT molecular complexity index is 1140. The summed E-state index contributed by atoms with van der Waals surface area (Å²) in [4.78, 5) is 28.8. The standard InChI is InChI=1S/C18H12FN3O3/c19-12-4-2-1-3-11(12)15-7-8-16(25-15)17(23)20-10-5-6-13-14(9-10)22-18(24)21-13/h1-9H,(H,20,23)(H2,21,22,24). The number of furan rings is 1. The highest BCUT2D eigenvalue weighted by molar-refractivity contribution is 6.03. The Labute approximate surface area is 140 Å². The Kier molecular flexibility index (Phi) is 3.46. The zero-order valence-electron chi connectivity index (χ0n) is 12.8. The molecular formula is C18H12FN3O3. The first-order chi connectivity index (χ1) is 12.1. The molecule has 3 N–H and O–H groups in total. The second-order valence-electron chi connectivity index (χ2n) is 5.44. The predicted octanol–water partition coefficient (Wildman–Crippen LogP) is 3.51. The van der Waals surface area contributed by atoms with Gasteiger partial charge in [-0.25, -0.2) is 9.18 Å². The second kappa shape index (κ2) is 5.79. The van der Waals surface area contributed by atoms with E-state index in [4.69, 9.17) is 4.42 Å². The van der Waals surface area contributed by atoms with Crippen LogP contribution >= 0.6 is 0 Å².